The van der Waals surface area contributed by atoms with Crippen molar-refractivity contribution in [2.45, 2.75) is 57.0 Å². The molecular formula is C16H28N4O2S. The predicted octanol–water partition coefficient (Wildman–Crippen LogP) is 1.69. The van der Waals surface area contributed by atoms with E-state index >= 15 is 0 Å². The number of nitrogens with one attached hydrogen (secondary N) is 1. The Kier molecular flexibility index (Phi) is 5.08. The highest BCUT2D eigenvalue weighted by molar-refractivity contribution is 7.89. The van der Waals surface area contributed by atoms with Gasteiger partial charge in [-0.05, 0) is 51.0 Å². The van der Waals surface area contributed by atoms with Crippen LogP contribution in [0.25, 0.3) is 0 Å². The highest BCUT2D eigenvalue weighted by Crippen LogP contribution is 2.30. The van der Waals surface area contributed by atoms with Crippen molar-refractivity contribution >= 4 is 10.0 Å². The average Bonchev–Trinajstić information content (AvgIpc) is 3.12. The van der Waals surface area contributed by atoms with Gasteiger partial charge >= 0.3 is 0 Å². The molecule has 2 heterocycles. The largest absolute Gasteiger partial charge is 0.301 e. The number of rotatable bonds is 7. The molecular weight excluding hydrogens is 312 g/mol. The molecule has 6 nitrogen and oxygen atoms in total. The lowest BCUT2D eigenvalue weighted by Gasteiger charge is -2.32. The van der Waals surface area contributed by atoms with E-state index in [1.165, 1.54) is 31.9 Å². The summed E-state index contributed by atoms with van der Waals surface area (Å²) in [4.78, 5) is 2.63. The smallest absolute Gasteiger partial charge is 0.243 e. The van der Waals surface area contributed by atoms with Gasteiger partial charge in [0.25, 0.3) is 0 Å². The van der Waals surface area contributed by atoms with Crippen molar-refractivity contribution in [2.24, 2.45) is 11.8 Å². The molecule has 130 valence electrons. The second kappa shape index (κ2) is 6.91. The molecule has 1 aliphatic heterocycles. The minimum absolute atomic E-state index is 0.0999. The summed E-state index contributed by atoms with van der Waals surface area (Å²) in [5.74, 6) is 1.38. The minimum Gasteiger partial charge on any atom is -0.301 e. The minimum atomic E-state index is -3.48. The molecule has 0 spiro atoms. The van der Waals surface area contributed by atoms with Crippen LogP contribution in [0.3, 0.4) is 0 Å². The Bertz CT molecular complexity index is 624. The highest BCUT2D eigenvalue weighted by Gasteiger charge is 2.25. The zero-order valence-electron chi connectivity index (χ0n) is 14.1. The van der Waals surface area contributed by atoms with Crippen LogP contribution in [0.2, 0.25) is 0 Å². The van der Waals surface area contributed by atoms with Gasteiger partial charge in [0.2, 0.25) is 10.0 Å². The first kappa shape index (κ1) is 16.9. The van der Waals surface area contributed by atoms with E-state index in [0.717, 1.165) is 26.2 Å². The Hall–Kier alpha value is -0.920. The lowest BCUT2D eigenvalue weighted by atomic mass is 10.00. The molecule has 1 N–H and O–H groups in total. The molecule has 0 bridgehead atoms. The average molecular weight is 340 g/mol. The first-order chi connectivity index (χ1) is 10.9. The van der Waals surface area contributed by atoms with Gasteiger partial charge in [-0.1, -0.05) is 6.92 Å². The van der Waals surface area contributed by atoms with Crippen LogP contribution >= 0.6 is 0 Å². The Morgan fingerprint density at radius 1 is 1.39 bits per heavy atom. The van der Waals surface area contributed by atoms with Crippen LogP contribution in [0.15, 0.2) is 17.3 Å². The molecule has 2 atom stereocenters. The molecule has 2 fully saturated rings. The van der Waals surface area contributed by atoms with E-state index < -0.39 is 10.0 Å². The molecule has 1 aromatic heterocycles. The first-order valence-corrected chi connectivity index (χ1v) is 10.2. The van der Waals surface area contributed by atoms with Gasteiger partial charge in [-0.15, -0.1) is 0 Å². The Labute approximate surface area is 139 Å². The standard InChI is InChI=1S/C16H28N4O2S/c1-13-4-3-7-19(9-13)10-14(2)18-23(21,22)16-8-17-20(12-16)11-15-5-6-15/h8,12-15,18H,3-7,9-11H2,1-2H3/t13-,14+/m1/s1. The second-order valence-electron chi connectivity index (χ2n) is 7.37. The molecule has 1 aliphatic carbocycles. The van der Waals surface area contributed by atoms with Crippen molar-refractivity contribution in [2.75, 3.05) is 19.6 Å². The summed E-state index contributed by atoms with van der Waals surface area (Å²) in [7, 11) is -3.48. The molecule has 0 amide bonds. The summed E-state index contributed by atoms with van der Waals surface area (Å²) < 4.78 is 29.5. The Balaban J connectivity index is 1.55. The third-order valence-corrected chi connectivity index (χ3v) is 6.24. The Morgan fingerprint density at radius 2 is 2.17 bits per heavy atom. The summed E-state index contributed by atoms with van der Waals surface area (Å²) in [5.41, 5.74) is 0. The maximum atomic E-state index is 12.5. The van der Waals surface area contributed by atoms with Crippen molar-refractivity contribution in [1.29, 1.82) is 0 Å². The number of hydrogen-bond acceptors (Lipinski definition) is 4. The molecule has 3 rings (SSSR count). The third-order valence-electron chi connectivity index (χ3n) is 4.69. The van der Waals surface area contributed by atoms with Gasteiger partial charge in [0.15, 0.2) is 0 Å². The van der Waals surface area contributed by atoms with E-state index in [0.29, 0.717) is 11.8 Å². The summed E-state index contributed by atoms with van der Waals surface area (Å²) in [6.07, 6.45) is 8.04. The number of aromatic nitrogens is 2. The van der Waals surface area contributed by atoms with Gasteiger partial charge in [-0.2, -0.15) is 5.10 Å². The van der Waals surface area contributed by atoms with E-state index in [9.17, 15) is 8.42 Å². The van der Waals surface area contributed by atoms with Crippen LogP contribution in [0.1, 0.15) is 39.5 Å². The number of likely N-dealkylation sites (tertiary alicyclic amines) is 1. The molecule has 0 radical (unpaired) electrons. The van der Waals surface area contributed by atoms with Crippen LogP contribution < -0.4 is 4.72 Å². The van der Waals surface area contributed by atoms with E-state index in [4.69, 9.17) is 0 Å². The molecule has 1 aromatic rings. The van der Waals surface area contributed by atoms with Crippen molar-refractivity contribution in [3.63, 3.8) is 0 Å². The highest BCUT2D eigenvalue weighted by atomic mass is 32.2. The van der Waals surface area contributed by atoms with Crippen LogP contribution in [0.5, 0.6) is 0 Å². The van der Waals surface area contributed by atoms with Gasteiger partial charge in [0.1, 0.15) is 4.90 Å². The lowest BCUT2D eigenvalue weighted by Crippen LogP contribution is -2.45. The van der Waals surface area contributed by atoms with Gasteiger partial charge < -0.3 is 4.90 Å². The van der Waals surface area contributed by atoms with Crippen molar-refractivity contribution in [3.05, 3.63) is 12.4 Å². The monoisotopic (exact) mass is 340 g/mol. The maximum absolute atomic E-state index is 12.5. The zero-order chi connectivity index (χ0) is 16.4. The fourth-order valence-corrected chi connectivity index (χ4v) is 4.54. The van der Waals surface area contributed by atoms with Crippen molar-refractivity contribution in [3.8, 4) is 0 Å². The molecule has 0 aromatic carbocycles. The van der Waals surface area contributed by atoms with E-state index in [-0.39, 0.29) is 10.9 Å². The third kappa shape index (κ3) is 4.78. The van der Waals surface area contributed by atoms with Gasteiger partial charge in [0, 0.05) is 31.9 Å². The molecule has 23 heavy (non-hydrogen) atoms. The molecule has 0 unspecified atom stereocenters. The van der Waals surface area contributed by atoms with Crippen LogP contribution in [0, 0.1) is 11.8 Å². The van der Waals surface area contributed by atoms with E-state index in [1.54, 1.807) is 10.9 Å². The fraction of sp³-hybridized carbons (Fsp3) is 0.812. The lowest BCUT2D eigenvalue weighted by molar-refractivity contribution is 0.174. The van der Waals surface area contributed by atoms with Gasteiger partial charge in [0.05, 0.1) is 6.20 Å². The summed E-state index contributed by atoms with van der Waals surface area (Å²) >= 11 is 0. The van der Waals surface area contributed by atoms with Gasteiger partial charge in [-0.3, -0.25) is 4.68 Å². The first-order valence-electron chi connectivity index (χ1n) is 8.69. The predicted molar refractivity (Wildman–Crippen MR) is 89.6 cm³/mol. The number of nitrogens with zero attached hydrogens (tertiary/aromatic N) is 3. The summed E-state index contributed by atoms with van der Waals surface area (Å²) in [6.45, 7) is 7.92. The SMILES string of the molecule is C[C@@H]1CCCN(C[C@H](C)NS(=O)(=O)c2cnn(CC3CC3)c2)C1. The Morgan fingerprint density at radius 3 is 2.87 bits per heavy atom. The summed E-state index contributed by atoms with van der Waals surface area (Å²) in [6, 6.07) is -0.0999. The van der Waals surface area contributed by atoms with Crippen LogP contribution in [-0.4, -0.2) is 48.8 Å². The zero-order valence-corrected chi connectivity index (χ0v) is 14.9. The molecule has 1 saturated heterocycles. The fourth-order valence-electron chi connectivity index (χ4n) is 3.36. The quantitative estimate of drug-likeness (QED) is 0.820. The van der Waals surface area contributed by atoms with Crippen LogP contribution in [-0.2, 0) is 16.6 Å². The molecule has 7 heteroatoms. The van der Waals surface area contributed by atoms with Crippen molar-refractivity contribution < 1.29 is 8.42 Å². The van der Waals surface area contributed by atoms with Crippen molar-refractivity contribution in [1.82, 2.24) is 19.4 Å². The van der Waals surface area contributed by atoms with Crippen LogP contribution in [0.4, 0.5) is 0 Å². The number of piperidine rings is 1. The molecule has 1 saturated carbocycles. The normalized spacial score (nSPS) is 24.7. The summed E-state index contributed by atoms with van der Waals surface area (Å²) in [5, 5.41) is 4.18. The number of sulfonamides is 1. The topological polar surface area (TPSA) is 67.2 Å². The second-order valence-corrected chi connectivity index (χ2v) is 9.08. The maximum Gasteiger partial charge on any atom is 0.243 e. The van der Waals surface area contributed by atoms with E-state index in [1.807, 2.05) is 6.92 Å². The molecule has 2 aliphatic rings. The van der Waals surface area contributed by atoms with Gasteiger partial charge in [-0.25, -0.2) is 13.1 Å². The number of hydrogen-bond donors (Lipinski definition) is 1. The van der Waals surface area contributed by atoms with E-state index in [2.05, 4.69) is 21.6 Å².